The van der Waals surface area contributed by atoms with Crippen molar-refractivity contribution in [3.8, 4) is 0 Å². The van der Waals surface area contributed by atoms with E-state index < -0.39 is 11.9 Å². The summed E-state index contributed by atoms with van der Waals surface area (Å²) in [6.45, 7) is 6.05. The van der Waals surface area contributed by atoms with Gasteiger partial charge in [-0.05, 0) is 30.7 Å². The second kappa shape index (κ2) is 6.88. The van der Waals surface area contributed by atoms with Gasteiger partial charge in [0.1, 0.15) is 0 Å². The number of hydrogen-bond donors (Lipinski definition) is 1. The zero-order valence-corrected chi connectivity index (χ0v) is 15.2. The second-order valence-corrected chi connectivity index (χ2v) is 7.93. The van der Waals surface area contributed by atoms with Gasteiger partial charge in [0, 0.05) is 32.7 Å². The van der Waals surface area contributed by atoms with Gasteiger partial charge in [-0.3, -0.25) is 14.5 Å². The van der Waals surface area contributed by atoms with Crippen LogP contribution in [0.25, 0.3) is 0 Å². The summed E-state index contributed by atoms with van der Waals surface area (Å²) in [4.78, 5) is 28.9. The average molecular weight is 354 g/mol. The number of rotatable bonds is 4. The number of aliphatic carboxylic acids is 1. The number of amides is 1. The van der Waals surface area contributed by atoms with Crippen LogP contribution in [-0.2, 0) is 16.1 Å². The summed E-state index contributed by atoms with van der Waals surface area (Å²) in [5, 5.41) is 9.57. The SMILES string of the molecule is Cc1ccc(CN2CCN(C(=O)[C@H]3[C@H](C(=O)O)[C@H]4C=C[C@H]3C4)CC2)cc1. The fraction of sp³-hybridized carbons (Fsp3) is 0.524. The summed E-state index contributed by atoms with van der Waals surface area (Å²) < 4.78 is 0. The Hall–Kier alpha value is -2.14. The van der Waals surface area contributed by atoms with Gasteiger partial charge in [0.25, 0.3) is 0 Å². The van der Waals surface area contributed by atoms with Crippen LogP contribution in [0.15, 0.2) is 36.4 Å². The monoisotopic (exact) mass is 354 g/mol. The van der Waals surface area contributed by atoms with Crippen molar-refractivity contribution in [1.29, 1.82) is 0 Å². The van der Waals surface area contributed by atoms with Crippen LogP contribution < -0.4 is 0 Å². The molecular formula is C21H26N2O3. The highest BCUT2D eigenvalue weighted by atomic mass is 16.4. The molecule has 1 saturated carbocycles. The van der Waals surface area contributed by atoms with E-state index in [0.29, 0.717) is 13.1 Å². The van der Waals surface area contributed by atoms with Crippen LogP contribution in [0, 0.1) is 30.6 Å². The molecule has 2 fully saturated rings. The largest absolute Gasteiger partial charge is 0.481 e. The molecule has 2 aliphatic carbocycles. The van der Waals surface area contributed by atoms with E-state index >= 15 is 0 Å². The Balaban J connectivity index is 1.36. The molecule has 1 amide bonds. The summed E-state index contributed by atoms with van der Waals surface area (Å²) in [6.07, 6.45) is 4.87. The predicted molar refractivity (Wildman–Crippen MR) is 98.4 cm³/mol. The molecule has 2 bridgehead atoms. The number of piperazine rings is 1. The molecule has 26 heavy (non-hydrogen) atoms. The summed E-state index contributed by atoms with van der Waals surface area (Å²) in [5.74, 6) is -1.54. The van der Waals surface area contributed by atoms with Crippen LogP contribution in [0.5, 0.6) is 0 Å². The van der Waals surface area contributed by atoms with E-state index in [1.54, 1.807) is 0 Å². The molecule has 0 radical (unpaired) electrons. The molecule has 3 aliphatic rings. The van der Waals surface area contributed by atoms with Crippen LogP contribution in [0.2, 0.25) is 0 Å². The molecule has 1 heterocycles. The maximum absolute atomic E-state index is 13.0. The number of nitrogens with zero attached hydrogens (tertiary/aromatic N) is 2. The lowest BCUT2D eigenvalue weighted by Crippen LogP contribution is -2.52. The maximum Gasteiger partial charge on any atom is 0.307 e. The average Bonchev–Trinajstić information content (AvgIpc) is 3.25. The van der Waals surface area contributed by atoms with Crippen molar-refractivity contribution in [3.05, 3.63) is 47.5 Å². The fourth-order valence-corrected chi connectivity index (χ4v) is 4.78. The third-order valence-corrected chi connectivity index (χ3v) is 6.24. The molecular weight excluding hydrogens is 328 g/mol. The summed E-state index contributed by atoms with van der Waals surface area (Å²) in [6, 6.07) is 8.57. The third-order valence-electron chi connectivity index (χ3n) is 6.24. The van der Waals surface area contributed by atoms with Crippen molar-refractivity contribution in [1.82, 2.24) is 9.80 Å². The zero-order chi connectivity index (χ0) is 18.3. The Labute approximate surface area is 154 Å². The molecule has 1 aromatic carbocycles. The van der Waals surface area contributed by atoms with Gasteiger partial charge < -0.3 is 10.0 Å². The van der Waals surface area contributed by atoms with E-state index in [2.05, 4.69) is 42.2 Å². The number of aryl methyl sites for hydroxylation is 1. The number of carboxylic acid groups (broad SMARTS) is 1. The Kier molecular flexibility index (Phi) is 4.57. The van der Waals surface area contributed by atoms with E-state index in [4.69, 9.17) is 0 Å². The normalized spacial score (nSPS) is 30.7. The molecule has 4 rings (SSSR count). The molecule has 1 aromatic rings. The van der Waals surface area contributed by atoms with Crippen LogP contribution in [0.1, 0.15) is 17.5 Å². The first kappa shape index (κ1) is 17.3. The number of carbonyl (C=O) groups is 2. The standard InChI is InChI=1S/C21H26N2O3/c1-14-2-4-15(5-3-14)13-22-8-10-23(11-9-22)20(24)18-16-6-7-17(12-16)19(18)21(25)26/h2-7,16-19H,8-13H2,1H3,(H,25,26)/t16-,17-,18+,19+/m0/s1. The van der Waals surface area contributed by atoms with E-state index in [1.807, 2.05) is 11.0 Å². The zero-order valence-electron chi connectivity index (χ0n) is 15.2. The van der Waals surface area contributed by atoms with Gasteiger partial charge in [-0.25, -0.2) is 0 Å². The van der Waals surface area contributed by atoms with Crippen molar-refractivity contribution in [2.24, 2.45) is 23.7 Å². The first-order valence-electron chi connectivity index (χ1n) is 9.51. The van der Waals surface area contributed by atoms with Crippen LogP contribution in [0.3, 0.4) is 0 Å². The lowest BCUT2D eigenvalue weighted by atomic mass is 9.82. The summed E-state index contributed by atoms with van der Waals surface area (Å²) in [7, 11) is 0. The van der Waals surface area contributed by atoms with Crippen molar-refractivity contribution in [2.45, 2.75) is 19.9 Å². The highest BCUT2D eigenvalue weighted by molar-refractivity contribution is 5.87. The minimum atomic E-state index is -0.821. The lowest BCUT2D eigenvalue weighted by Gasteiger charge is -2.37. The van der Waals surface area contributed by atoms with Crippen LogP contribution in [0.4, 0.5) is 0 Å². The molecule has 5 nitrogen and oxygen atoms in total. The number of carboxylic acids is 1. The number of fused-ring (bicyclic) bond motifs is 2. The number of hydrogen-bond acceptors (Lipinski definition) is 3. The van der Waals surface area contributed by atoms with Gasteiger partial charge in [-0.15, -0.1) is 0 Å². The number of benzene rings is 1. The van der Waals surface area contributed by atoms with E-state index in [9.17, 15) is 14.7 Å². The number of carbonyl (C=O) groups excluding carboxylic acids is 1. The highest BCUT2D eigenvalue weighted by Crippen LogP contribution is 2.48. The van der Waals surface area contributed by atoms with Crippen molar-refractivity contribution in [2.75, 3.05) is 26.2 Å². The Morgan fingerprint density at radius 3 is 2.23 bits per heavy atom. The Morgan fingerprint density at radius 2 is 1.62 bits per heavy atom. The maximum atomic E-state index is 13.0. The molecule has 0 aromatic heterocycles. The smallest absolute Gasteiger partial charge is 0.307 e. The molecule has 1 saturated heterocycles. The fourth-order valence-electron chi connectivity index (χ4n) is 4.78. The topological polar surface area (TPSA) is 60.9 Å². The van der Waals surface area contributed by atoms with Gasteiger partial charge in [0.05, 0.1) is 11.8 Å². The van der Waals surface area contributed by atoms with Gasteiger partial charge in [0.2, 0.25) is 5.91 Å². The van der Waals surface area contributed by atoms with Crippen LogP contribution >= 0.6 is 0 Å². The molecule has 0 spiro atoms. The first-order chi connectivity index (χ1) is 12.5. The van der Waals surface area contributed by atoms with E-state index in [-0.39, 0.29) is 23.7 Å². The lowest BCUT2D eigenvalue weighted by molar-refractivity contribution is -0.151. The van der Waals surface area contributed by atoms with Crippen molar-refractivity contribution < 1.29 is 14.7 Å². The number of allylic oxidation sites excluding steroid dienone is 2. The summed E-state index contributed by atoms with van der Waals surface area (Å²) >= 11 is 0. The van der Waals surface area contributed by atoms with Gasteiger partial charge in [-0.2, -0.15) is 0 Å². The predicted octanol–water partition coefficient (Wildman–Crippen LogP) is 2.16. The van der Waals surface area contributed by atoms with Gasteiger partial charge in [0.15, 0.2) is 0 Å². The van der Waals surface area contributed by atoms with Crippen LogP contribution in [-0.4, -0.2) is 53.0 Å². The molecule has 5 heteroatoms. The minimum absolute atomic E-state index is 0.0364. The van der Waals surface area contributed by atoms with Gasteiger partial charge >= 0.3 is 5.97 Å². The van der Waals surface area contributed by atoms with Gasteiger partial charge in [-0.1, -0.05) is 42.0 Å². The summed E-state index contributed by atoms with van der Waals surface area (Å²) in [5.41, 5.74) is 2.55. The molecule has 0 unspecified atom stereocenters. The third kappa shape index (κ3) is 3.16. The van der Waals surface area contributed by atoms with E-state index in [1.165, 1.54) is 11.1 Å². The molecule has 4 atom stereocenters. The minimum Gasteiger partial charge on any atom is -0.481 e. The Bertz CT molecular complexity index is 719. The molecule has 138 valence electrons. The molecule has 1 N–H and O–H groups in total. The first-order valence-corrected chi connectivity index (χ1v) is 9.51. The Morgan fingerprint density at radius 1 is 1.00 bits per heavy atom. The van der Waals surface area contributed by atoms with Crippen molar-refractivity contribution in [3.63, 3.8) is 0 Å². The second-order valence-electron chi connectivity index (χ2n) is 7.93. The molecule has 1 aliphatic heterocycles. The quantitative estimate of drug-likeness (QED) is 0.842. The van der Waals surface area contributed by atoms with Crippen molar-refractivity contribution >= 4 is 11.9 Å². The van der Waals surface area contributed by atoms with E-state index in [0.717, 1.165) is 26.1 Å². The highest BCUT2D eigenvalue weighted by Gasteiger charge is 2.52.